The maximum absolute atomic E-state index is 13.4. The third-order valence-electron chi connectivity index (χ3n) is 6.46. The summed E-state index contributed by atoms with van der Waals surface area (Å²) in [5.41, 5.74) is 4.11. The predicted octanol–water partition coefficient (Wildman–Crippen LogP) is 5.90. The molecule has 8 heteroatoms. The molecular weight excluding hydrogens is 468 g/mol. The average molecular weight is 495 g/mol. The Kier molecular flexibility index (Phi) is 6.17. The number of benzene rings is 2. The molecule has 0 fully saturated rings. The summed E-state index contributed by atoms with van der Waals surface area (Å²) in [6.07, 6.45) is 6.35. The van der Waals surface area contributed by atoms with Crippen molar-refractivity contribution in [3.05, 3.63) is 95.3 Å². The van der Waals surface area contributed by atoms with Crippen molar-refractivity contribution < 1.29 is 4.79 Å². The number of hydrogen-bond acceptors (Lipinski definition) is 5. The molecule has 0 unspecified atom stereocenters. The van der Waals surface area contributed by atoms with Crippen LogP contribution in [-0.4, -0.2) is 30.5 Å². The summed E-state index contributed by atoms with van der Waals surface area (Å²) in [6.45, 7) is 1.55. The zero-order valence-electron chi connectivity index (χ0n) is 19.8. The number of aryl methyl sites for hydroxylation is 1. The van der Waals surface area contributed by atoms with Crippen LogP contribution < -0.4 is 5.32 Å². The molecule has 0 spiro atoms. The van der Waals surface area contributed by atoms with Gasteiger partial charge in [0.25, 0.3) is 5.91 Å². The Morgan fingerprint density at radius 3 is 2.61 bits per heavy atom. The molecule has 0 bridgehead atoms. The lowest BCUT2D eigenvalue weighted by Gasteiger charge is -2.09. The first-order valence-electron chi connectivity index (χ1n) is 12.2. The van der Waals surface area contributed by atoms with E-state index in [1.165, 1.54) is 12.8 Å². The van der Waals surface area contributed by atoms with Gasteiger partial charge in [-0.2, -0.15) is 5.10 Å². The van der Waals surface area contributed by atoms with Gasteiger partial charge in [0.2, 0.25) is 0 Å². The van der Waals surface area contributed by atoms with E-state index in [2.05, 4.69) is 32.2 Å². The average Bonchev–Trinajstić information content (AvgIpc) is 3.63. The molecule has 4 heterocycles. The molecule has 180 valence electrons. The minimum Gasteiger partial charge on any atom is -0.322 e. The number of amides is 1. The molecule has 7 nitrogen and oxygen atoms in total. The highest BCUT2D eigenvalue weighted by Gasteiger charge is 2.20. The molecular formula is C28H26N6OS. The molecule has 0 saturated heterocycles. The monoisotopic (exact) mass is 494 g/mol. The minimum atomic E-state index is -0.179. The van der Waals surface area contributed by atoms with Gasteiger partial charge in [0.05, 0.1) is 17.0 Å². The van der Waals surface area contributed by atoms with Crippen LogP contribution in [0, 0.1) is 0 Å². The van der Waals surface area contributed by atoms with Crippen molar-refractivity contribution in [3.63, 3.8) is 0 Å². The predicted molar refractivity (Wildman–Crippen MR) is 142 cm³/mol. The lowest BCUT2D eigenvalue weighted by Crippen LogP contribution is -2.12. The van der Waals surface area contributed by atoms with Crippen LogP contribution in [0.2, 0.25) is 0 Å². The Bertz CT molecular complexity index is 1470. The summed E-state index contributed by atoms with van der Waals surface area (Å²) in [5.74, 6) is 1.78. The molecule has 1 N–H and O–H groups in total. The van der Waals surface area contributed by atoms with Crippen LogP contribution in [0.4, 0.5) is 5.69 Å². The first-order valence-corrected chi connectivity index (χ1v) is 13.1. The normalized spacial score (nSPS) is 13.2. The van der Waals surface area contributed by atoms with Gasteiger partial charge in [0.15, 0.2) is 5.82 Å². The fourth-order valence-electron chi connectivity index (χ4n) is 4.63. The van der Waals surface area contributed by atoms with Crippen LogP contribution in [0.3, 0.4) is 0 Å². The number of hydrogen-bond donors (Lipinski definition) is 1. The number of thiophene rings is 1. The van der Waals surface area contributed by atoms with Crippen LogP contribution >= 0.6 is 11.3 Å². The first kappa shape index (κ1) is 22.4. The van der Waals surface area contributed by atoms with E-state index in [1.807, 2.05) is 70.9 Å². The topological polar surface area (TPSA) is 77.6 Å². The van der Waals surface area contributed by atoms with Gasteiger partial charge in [-0.3, -0.25) is 9.48 Å². The minimum absolute atomic E-state index is 0.179. The largest absolute Gasteiger partial charge is 0.322 e. The molecule has 1 aliphatic heterocycles. The van der Waals surface area contributed by atoms with E-state index < -0.39 is 0 Å². The van der Waals surface area contributed by atoms with E-state index in [-0.39, 0.29) is 5.91 Å². The Morgan fingerprint density at radius 2 is 1.81 bits per heavy atom. The number of nitrogens with one attached hydrogen (secondary N) is 1. The summed E-state index contributed by atoms with van der Waals surface area (Å²) < 4.78 is 4.06. The van der Waals surface area contributed by atoms with Gasteiger partial charge >= 0.3 is 0 Å². The number of anilines is 1. The van der Waals surface area contributed by atoms with E-state index in [1.54, 1.807) is 11.3 Å². The molecule has 3 aromatic heterocycles. The highest BCUT2D eigenvalue weighted by atomic mass is 32.1. The Balaban J connectivity index is 1.24. The molecule has 0 atom stereocenters. The number of aromatic nitrogens is 5. The van der Waals surface area contributed by atoms with Gasteiger partial charge in [0.1, 0.15) is 11.5 Å². The number of rotatable bonds is 6. The van der Waals surface area contributed by atoms with E-state index in [9.17, 15) is 4.79 Å². The molecule has 0 radical (unpaired) electrons. The van der Waals surface area contributed by atoms with Crippen LogP contribution in [0.1, 0.15) is 41.0 Å². The summed E-state index contributed by atoms with van der Waals surface area (Å²) in [4.78, 5) is 14.3. The van der Waals surface area contributed by atoms with Crippen molar-refractivity contribution in [3.8, 4) is 22.0 Å². The molecule has 5 aromatic rings. The smallest absolute Gasteiger partial charge is 0.259 e. The second-order valence-corrected chi connectivity index (χ2v) is 9.93. The molecule has 1 amide bonds. The maximum atomic E-state index is 13.4. The molecule has 36 heavy (non-hydrogen) atoms. The first-order chi connectivity index (χ1) is 17.7. The van der Waals surface area contributed by atoms with Crippen LogP contribution in [0.5, 0.6) is 0 Å². The molecule has 6 rings (SSSR count). The number of nitrogens with zero attached hydrogens (tertiary/aromatic N) is 5. The Hall–Kier alpha value is -4.04. The van der Waals surface area contributed by atoms with E-state index in [0.717, 1.165) is 52.7 Å². The zero-order chi connectivity index (χ0) is 24.3. The highest BCUT2D eigenvalue weighted by Crippen LogP contribution is 2.28. The Labute approximate surface area is 213 Å². The van der Waals surface area contributed by atoms with Gasteiger partial charge < -0.3 is 9.88 Å². The SMILES string of the molecule is O=C(Nc1ccc(-c2nnc3n2CCCCC3)cc1)c1cn(Cc2ccccc2)nc1-c1cccs1. The molecule has 0 saturated carbocycles. The van der Waals surface area contributed by atoms with Crippen molar-refractivity contribution >= 4 is 22.9 Å². The second-order valence-electron chi connectivity index (χ2n) is 8.99. The molecule has 2 aromatic carbocycles. The van der Waals surface area contributed by atoms with Gasteiger partial charge in [0, 0.05) is 30.4 Å². The van der Waals surface area contributed by atoms with E-state index in [0.29, 0.717) is 17.8 Å². The lowest BCUT2D eigenvalue weighted by molar-refractivity contribution is 0.102. The maximum Gasteiger partial charge on any atom is 0.259 e. The van der Waals surface area contributed by atoms with Crippen LogP contribution in [0.15, 0.2) is 78.3 Å². The van der Waals surface area contributed by atoms with Gasteiger partial charge in [-0.1, -0.05) is 42.8 Å². The summed E-state index contributed by atoms with van der Waals surface area (Å²) in [5, 5.41) is 18.7. The van der Waals surface area contributed by atoms with Crippen molar-refractivity contribution in [1.82, 2.24) is 24.5 Å². The summed E-state index contributed by atoms with van der Waals surface area (Å²) in [6, 6.07) is 21.9. The van der Waals surface area contributed by atoms with Crippen LogP contribution in [0.25, 0.3) is 22.0 Å². The quantitative estimate of drug-likeness (QED) is 0.319. The molecule has 1 aliphatic rings. The number of carbonyl (C=O) groups excluding carboxylic acids is 1. The third kappa shape index (κ3) is 4.59. The van der Waals surface area contributed by atoms with Gasteiger partial charge in [-0.15, -0.1) is 21.5 Å². The molecule has 0 aliphatic carbocycles. The fraction of sp³-hybridized carbons (Fsp3) is 0.214. The van der Waals surface area contributed by atoms with Crippen molar-refractivity contribution in [2.75, 3.05) is 5.32 Å². The van der Waals surface area contributed by atoms with Gasteiger partial charge in [-0.25, -0.2) is 0 Å². The Morgan fingerprint density at radius 1 is 0.944 bits per heavy atom. The van der Waals surface area contributed by atoms with E-state index >= 15 is 0 Å². The van der Waals surface area contributed by atoms with Crippen molar-refractivity contribution in [2.24, 2.45) is 0 Å². The van der Waals surface area contributed by atoms with Gasteiger partial charge in [-0.05, 0) is 54.1 Å². The third-order valence-corrected chi connectivity index (χ3v) is 7.34. The van der Waals surface area contributed by atoms with Crippen molar-refractivity contribution in [1.29, 1.82) is 0 Å². The zero-order valence-corrected chi connectivity index (χ0v) is 20.6. The number of carbonyl (C=O) groups is 1. The van der Waals surface area contributed by atoms with E-state index in [4.69, 9.17) is 5.10 Å². The summed E-state index contributed by atoms with van der Waals surface area (Å²) in [7, 11) is 0. The van der Waals surface area contributed by atoms with Crippen LogP contribution in [-0.2, 0) is 19.5 Å². The van der Waals surface area contributed by atoms with Crippen molar-refractivity contribution in [2.45, 2.75) is 38.8 Å². The standard InChI is InChI=1S/C28H26N6OS/c35-28(23-19-33(18-20-8-3-1-4-9-20)32-26(23)24-10-7-17-36-24)29-22-14-12-21(13-15-22)27-31-30-25-11-5-2-6-16-34(25)27/h1,3-4,7-10,12-15,17,19H,2,5-6,11,16,18H2,(H,29,35). The second kappa shape index (κ2) is 9.91. The fourth-order valence-corrected chi connectivity index (χ4v) is 5.36. The number of fused-ring (bicyclic) bond motifs is 1. The highest BCUT2D eigenvalue weighted by molar-refractivity contribution is 7.13. The summed E-state index contributed by atoms with van der Waals surface area (Å²) >= 11 is 1.58. The lowest BCUT2D eigenvalue weighted by atomic mass is 10.1.